The van der Waals surface area contributed by atoms with Crippen molar-refractivity contribution in [3.63, 3.8) is 0 Å². The van der Waals surface area contributed by atoms with Gasteiger partial charge in [-0.3, -0.25) is 4.79 Å². The van der Waals surface area contributed by atoms with Crippen molar-refractivity contribution < 1.29 is 18.8 Å². The van der Waals surface area contributed by atoms with E-state index in [4.69, 9.17) is 9.26 Å². The summed E-state index contributed by atoms with van der Waals surface area (Å²) in [5.41, 5.74) is 3.32. The second-order valence-electron chi connectivity index (χ2n) is 4.83. The molecular weight excluding hydrogens is 272 g/mol. The lowest BCUT2D eigenvalue weighted by Crippen LogP contribution is -2.20. The number of hydrogen-bond donors (Lipinski definition) is 1. The first-order valence-corrected chi connectivity index (χ1v) is 6.42. The van der Waals surface area contributed by atoms with Gasteiger partial charge in [-0.05, 0) is 44.0 Å². The molecule has 0 radical (unpaired) electrons. The molecule has 1 aromatic heterocycles. The second-order valence-corrected chi connectivity index (χ2v) is 4.83. The molecule has 0 saturated heterocycles. The van der Waals surface area contributed by atoms with E-state index in [2.05, 4.69) is 10.5 Å². The molecule has 110 valence electrons. The summed E-state index contributed by atoms with van der Waals surface area (Å²) in [4.78, 5) is 23.3. The molecule has 0 fully saturated rings. The van der Waals surface area contributed by atoms with Crippen LogP contribution in [0.4, 0.5) is 5.69 Å². The number of aryl methyl sites for hydroxylation is 3. The molecule has 0 atom stereocenters. The van der Waals surface area contributed by atoms with Crippen molar-refractivity contribution in [1.29, 1.82) is 0 Å². The van der Waals surface area contributed by atoms with Crippen molar-refractivity contribution in [2.75, 3.05) is 11.9 Å². The van der Waals surface area contributed by atoms with E-state index in [1.165, 1.54) is 6.07 Å². The number of rotatable bonds is 4. The number of esters is 1. The third-order valence-corrected chi connectivity index (χ3v) is 2.67. The van der Waals surface area contributed by atoms with Gasteiger partial charge in [0.05, 0.1) is 5.69 Å². The van der Waals surface area contributed by atoms with Crippen LogP contribution in [0, 0.1) is 20.8 Å². The van der Waals surface area contributed by atoms with Gasteiger partial charge in [0.2, 0.25) is 5.76 Å². The van der Waals surface area contributed by atoms with E-state index in [1.54, 1.807) is 6.92 Å². The molecular formula is C15H16N2O4. The Kier molecular flexibility index (Phi) is 4.37. The summed E-state index contributed by atoms with van der Waals surface area (Å²) in [6.45, 7) is 5.18. The summed E-state index contributed by atoms with van der Waals surface area (Å²) in [5.74, 6) is -1.15. The zero-order valence-electron chi connectivity index (χ0n) is 12.1. The molecule has 1 N–H and O–H groups in total. The first-order valence-electron chi connectivity index (χ1n) is 6.42. The van der Waals surface area contributed by atoms with Gasteiger partial charge in [-0.15, -0.1) is 0 Å². The Morgan fingerprint density at radius 1 is 1.14 bits per heavy atom. The van der Waals surface area contributed by atoms with Gasteiger partial charge >= 0.3 is 5.97 Å². The van der Waals surface area contributed by atoms with Crippen molar-refractivity contribution in [3.8, 4) is 0 Å². The highest BCUT2D eigenvalue weighted by molar-refractivity contribution is 5.94. The first kappa shape index (κ1) is 14.8. The molecule has 2 aromatic rings. The number of anilines is 1. The van der Waals surface area contributed by atoms with Crippen LogP contribution >= 0.6 is 0 Å². The Labute approximate surface area is 122 Å². The van der Waals surface area contributed by atoms with E-state index in [0.717, 1.165) is 11.1 Å². The van der Waals surface area contributed by atoms with Crippen molar-refractivity contribution in [2.45, 2.75) is 20.8 Å². The predicted octanol–water partition coefficient (Wildman–Crippen LogP) is 2.40. The Balaban J connectivity index is 1.88. The molecule has 0 unspecified atom stereocenters. The average molecular weight is 288 g/mol. The smallest absolute Gasteiger partial charge is 0.377 e. The molecule has 6 heteroatoms. The van der Waals surface area contributed by atoms with Crippen LogP contribution in [-0.2, 0) is 9.53 Å². The summed E-state index contributed by atoms with van der Waals surface area (Å²) in [6, 6.07) is 7.13. The van der Waals surface area contributed by atoms with Crippen LogP contribution in [0.5, 0.6) is 0 Å². The van der Waals surface area contributed by atoms with Gasteiger partial charge in [0.15, 0.2) is 6.61 Å². The molecule has 1 aromatic carbocycles. The zero-order valence-corrected chi connectivity index (χ0v) is 12.1. The maximum Gasteiger partial charge on any atom is 0.377 e. The SMILES string of the molecule is Cc1cc(C)cc(NC(=O)COC(=O)c2cc(C)no2)c1. The quantitative estimate of drug-likeness (QED) is 0.874. The molecule has 0 saturated carbocycles. The molecule has 0 bridgehead atoms. The fourth-order valence-electron chi connectivity index (χ4n) is 1.91. The fourth-order valence-corrected chi connectivity index (χ4v) is 1.91. The number of amides is 1. The lowest BCUT2D eigenvalue weighted by Gasteiger charge is -2.07. The standard InChI is InChI=1S/C15H16N2O4/c1-9-4-10(2)6-12(5-9)16-14(18)8-20-15(19)13-7-11(3)17-21-13/h4-7H,8H2,1-3H3,(H,16,18). The van der Waals surface area contributed by atoms with E-state index in [0.29, 0.717) is 11.4 Å². The number of nitrogens with zero attached hydrogens (tertiary/aromatic N) is 1. The molecule has 21 heavy (non-hydrogen) atoms. The maximum atomic E-state index is 11.7. The number of hydrogen-bond acceptors (Lipinski definition) is 5. The third-order valence-electron chi connectivity index (χ3n) is 2.67. The summed E-state index contributed by atoms with van der Waals surface area (Å²) >= 11 is 0. The van der Waals surface area contributed by atoms with Gasteiger partial charge in [0.1, 0.15) is 0 Å². The van der Waals surface area contributed by atoms with E-state index in [9.17, 15) is 9.59 Å². The van der Waals surface area contributed by atoms with Crippen molar-refractivity contribution in [1.82, 2.24) is 5.16 Å². The fraction of sp³-hybridized carbons (Fsp3) is 0.267. The van der Waals surface area contributed by atoms with E-state index >= 15 is 0 Å². The lowest BCUT2D eigenvalue weighted by atomic mass is 10.1. The van der Waals surface area contributed by atoms with Gasteiger partial charge in [0.25, 0.3) is 5.91 Å². The minimum Gasteiger partial charge on any atom is -0.450 e. The Morgan fingerprint density at radius 2 is 1.81 bits per heavy atom. The van der Waals surface area contributed by atoms with Crippen LogP contribution in [0.2, 0.25) is 0 Å². The summed E-state index contributed by atoms with van der Waals surface area (Å²) in [6.07, 6.45) is 0. The number of ether oxygens (including phenoxy) is 1. The highest BCUT2D eigenvalue weighted by Gasteiger charge is 2.15. The lowest BCUT2D eigenvalue weighted by molar-refractivity contribution is -0.119. The van der Waals surface area contributed by atoms with Gasteiger partial charge in [-0.25, -0.2) is 4.79 Å². The minimum atomic E-state index is -0.717. The van der Waals surface area contributed by atoms with Crippen molar-refractivity contribution in [2.24, 2.45) is 0 Å². The van der Waals surface area contributed by atoms with Crippen LogP contribution in [0.1, 0.15) is 27.4 Å². The molecule has 0 spiro atoms. The maximum absolute atomic E-state index is 11.7. The molecule has 0 aliphatic carbocycles. The molecule has 0 aliphatic rings. The molecule has 1 amide bonds. The van der Waals surface area contributed by atoms with Crippen LogP contribution in [-0.4, -0.2) is 23.6 Å². The zero-order chi connectivity index (χ0) is 15.4. The largest absolute Gasteiger partial charge is 0.450 e. The monoisotopic (exact) mass is 288 g/mol. The van der Waals surface area contributed by atoms with Crippen LogP contribution in [0.15, 0.2) is 28.8 Å². The topological polar surface area (TPSA) is 81.4 Å². The number of aromatic nitrogens is 1. The van der Waals surface area contributed by atoms with Gasteiger partial charge in [-0.1, -0.05) is 11.2 Å². The summed E-state index contributed by atoms with van der Waals surface area (Å²) in [5, 5.41) is 6.25. The van der Waals surface area contributed by atoms with E-state index < -0.39 is 11.9 Å². The normalized spacial score (nSPS) is 10.2. The van der Waals surface area contributed by atoms with Crippen molar-refractivity contribution >= 4 is 17.6 Å². The Bertz CT molecular complexity index is 656. The predicted molar refractivity (Wildman–Crippen MR) is 76.1 cm³/mol. The minimum absolute atomic E-state index is 0.0216. The number of carbonyl (C=O) groups is 2. The second kappa shape index (κ2) is 6.21. The molecule has 2 rings (SSSR count). The highest BCUT2D eigenvalue weighted by Crippen LogP contribution is 2.13. The average Bonchev–Trinajstić information content (AvgIpc) is 2.81. The van der Waals surface area contributed by atoms with E-state index in [-0.39, 0.29) is 12.4 Å². The van der Waals surface area contributed by atoms with Crippen molar-refractivity contribution in [3.05, 3.63) is 46.8 Å². The summed E-state index contributed by atoms with van der Waals surface area (Å²) < 4.78 is 9.60. The molecule has 1 heterocycles. The van der Waals surface area contributed by atoms with Crippen LogP contribution in [0.25, 0.3) is 0 Å². The van der Waals surface area contributed by atoms with Gasteiger partial charge in [0, 0.05) is 11.8 Å². The highest BCUT2D eigenvalue weighted by atomic mass is 16.6. The Morgan fingerprint density at radius 3 is 2.38 bits per heavy atom. The molecule has 0 aliphatic heterocycles. The molecule has 6 nitrogen and oxygen atoms in total. The van der Waals surface area contributed by atoms with Gasteiger partial charge < -0.3 is 14.6 Å². The number of benzene rings is 1. The van der Waals surface area contributed by atoms with Crippen LogP contribution < -0.4 is 5.32 Å². The van der Waals surface area contributed by atoms with Crippen LogP contribution in [0.3, 0.4) is 0 Å². The summed E-state index contributed by atoms with van der Waals surface area (Å²) in [7, 11) is 0. The number of carbonyl (C=O) groups excluding carboxylic acids is 2. The van der Waals surface area contributed by atoms with E-state index in [1.807, 2.05) is 32.0 Å². The van der Waals surface area contributed by atoms with Gasteiger partial charge in [-0.2, -0.15) is 0 Å². The Hall–Kier alpha value is -2.63. The third kappa shape index (κ3) is 4.17. The first-order chi connectivity index (χ1) is 9.94. The number of nitrogens with one attached hydrogen (secondary N) is 1.